The Morgan fingerprint density at radius 3 is 1.90 bits per heavy atom. The number of aromatic nitrogens is 3. The Labute approximate surface area is 167 Å². The second kappa shape index (κ2) is 8.97. The highest BCUT2D eigenvalue weighted by Gasteiger charge is 2.21. The zero-order valence-electron chi connectivity index (χ0n) is 15.8. The van der Waals surface area contributed by atoms with E-state index in [9.17, 15) is 9.18 Å². The van der Waals surface area contributed by atoms with Gasteiger partial charge in [0, 0.05) is 31.7 Å². The van der Waals surface area contributed by atoms with E-state index in [0.717, 1.165) is 0 Å². The molecule has 2 aromatic rings. The van der Waals surface area contributed by atoms with Crippen molar-refractivity contribution in [2.24, 2.45) is 0 Å². The lowest BCUT2D eigenvalue weighted by Crippen LogP contribution is -2.40. The average Bonchev–Trinajstić information content (AvgIpc) is 2.79. The van der Waals surface area contributed by atoms with Gasteiger partial charge in [0.05, 0.1) is 26.4 Å². The summed E-state index contributed by atoms with van der Waals surface area (Å²) in [6, 6.07) is 5.26. The predicted molar refractivity (Wildman–Crippen MR) is 103 cm³/mol. The van der Waals surface area contributed by atoms with Crippen molar-refractivity contribution in [3.8, 4) is 0 Å². The first-order chi connectivity index (χ1) is 14.2. The standard InChI is InChI=1S/C18H22FN7O3/c19-14-3-1-13(2-4-14)15(27)23-24-16-20-17(25-5-9-28-10-6-25)22-18(21-16)26-7-11-29-12-8-26/h1-4H,5-12H2,(H,23,27)(H,20,21,22,24). The van der Waals surface area contributed by atoms with E-state index in [1.807, 2.05) is 9.80 Å². The summed E-state index contributed by atoms with van der Waals surface area (Å²) in [6.45, 7) is 5.10. The molecule has 2 fully saturated rings. The molecule has 0 unspecified atom stereocenters. The number of hydrogen-bond acceptors (Lipinski definition) is 9. The van der Waals surface area contributed by atoms with Crippen LogP contribution in [0.5, 0.6) is 0 Å². The molecule has 2 saturated heterocycles. The molecule has 4 rings (SSSR count). The van der Waals surface area contributed by atoms with Crippen LogP contribution in [0.25, 0.3) is 0 Å². The van der Waals surface area contributed by atoms with Gasteiger partial charge in [0.1, 0.15) is 5.82 Å². The van der Waals surface area contributed by atoms with Gasteiger partial charge < -0.3 is 19.3 Å². The highest BCUT2D eigenvalue weighted by molar-refractivity contribution is 5.94. The summed E-state index contributed by atoms with van der Waals surface area (Å²) in [7, 11) is 0. The number of nitrogens with one attached hydrogen (secondary N) is 2. The van der Waals surface area contributed by atoms with Gasteiger partial charge in [-0.05, 0) is 24.3 Å². The van der Waals surface area contributed by atoms with Gasteiger partial charge in [0.15, 0.2) is 0 Å². The molecule has 2 aliphatic heterocycles. The Morgan fingerprint density at radius 1 is 0.862 bits per heavy atom. The molecule has 2 aliphatic rings. The number of ether oxygens (including phenoxy) is 2. The van der Waals surface area contributed by atoms with Crippen LogP contribution in [0.2, 0.25) is 0 Å². The fourth-order valence-corrected chi connectivity index (χ4v) is 3.01. The van der Waals surface area contributed by atoms with Crippen molar-refractivity contribution in [1.29, 1.82) is 0 Å². The van der Waals surface area contributed by atoms with Gasteiger partial charge >= 0.3 is 0 Å². The molecule has 0 atom stereocenters. The highest BCUT2D eigenvalue weighted by atomic mass is 19.1. The number of nitrogens with zero attached hydrogens (tertiary/aromatic N) is 5. The van der Waals surface area contributed by atoms with Crippen molar-refractivity contribution in [1.82, 2.24) is 20.4 Å². The smallest absolute Gasteiger partial charge is 0.269 e. The minimum Gasteiger partial charge on any atom is -0.378 e. The van der Waals surface area contributed by atoms with E-state index in [1.54, 1.807) is 0 Å². The molecule has 0 bridgehead atoms. The second-order valence-corrected chi connectivity index (χ2v) is 6.54. The monoisotopic (exact) mass is 403 g/mol. The van der Waals surface area contributed by atoms with Crippen molar-refractivity contribution in [2.45, 2.75) is 0 Å². The van der Waals surface area contributed by atoms with Gasteiger partial charge in [-0.2, -0.15) is 15.0 Å². The molecule has 0 saturated carbocycles. The molecule has 3 heterocycles. The summed E-state index contributed by atoms with van der Waals surface area (Å²) in [5.74, 6) is 0.425. The SMILES string of the molecule is O=C(NNc1nc(N2CCOCC2)nc(N2CCOCC2)n1)c1ccc(F)cc1. The largest absolute Gasteiger partial charge is 0.378 e. The van der Waals surface area contributed by atoms with Crippen LogP contribution in [0, 0.1) is 5.82 Å². The molecule has 154 valence electrons. The normalized spacial score (nSPS) is 17.1. The van der Waals surface area contributed by atoms with Crippen LogP contribution in [0.1, 0.15) is 10.4 Å². The van der Waals surface area contributed by atoms with Crippen LogP contribution in [-0.2, 0) is 9.47 Å². The van der Waals surface area contributed by atoms with Gasteiger partial charge in [-0.15, -0.1) is 0 Å². The fraction of sp³-hybridized carbons (Fsp3) is 0.444. The van der Waals surface area contributed by atoms with E-state index < -0.39 is 11.7 Å². The summed E-state index contributed by atoms with van der Waals surface area (Å²) in [5.41, 5.74) is 5.60. The lowest BCUT2D eigenvalue weighted by molar-refractivity contribution is 0.0962. The molecule has 11 heteroatoms. The molecule has 0 spiro atoms. The van der Waals surface area contributed by atoms with Crippen LogP contribution in [0.3, 0.4) is 0 Å². The predicted octanol–water partition coefficient (Wildman–Crippen LogP) is 0.441. The molecular formula is C18H22FN7O3. The number of anilines is 3. The van der Waals surface area contributed by atoms with E-state index in [-0.39, 0.29) is 5.95 Å². The summed E-state index contributed by atoms with van der Waals surface area (Å²) >= 11 is 0. The number of hydrogen-bond donors (Lipinski definition) is 2. The van der Waals surface area contributed by atoms with Crippen LogP contribution in [0.15, 0.2) is 24.3 Å². The maximum absolute atomic E-state index is 13.0. The number of carbonyl (C=O) groups excluding carboxylic acids is 1. The lowest BCUT2D eigenvalue weighted by atomic mass is 10.2. The Hall–Kier alpha value is -3.05. The number of benzene rings is 1. The molecule has 2 N–H and O–H groups in total. The van der Waals surface area contributed by atoms with Crippen LogP contribution < -0.4 is 20.7 Å². The first-order valence-corrected chi connectivity index (χ1v) is 9.42. The molecule has 0 aliphatic carbocycles. The van der Waals surface area contributed by atoms with E-state index in [2.05, 4.69) is 25.8 Å². The number of carbonyl (C=O) groups is 1. The van der Waals surface area contributed by atoms with Crippen molar-refractivity contribution in [2.75, 3.05) is 67.8 Å². The Balaban J connectivity index is 1.52. The molecular weight excluding hydrogens is 381 g/mol. The minimum atomic E-state index is -0.425. The minimum absolute atomic E-state index is 0.221. The average molecular weight is 403 g/mol. The third-order valence-electron chi connectivity index (χ3n) is 4.59. The first kappa shape index (κ1) is 19.3. The van der Waals surface area contributed by atoms with Crippen molar-refractivity contribution in [3.63, 3.8) is 0 Å². The van der Waals surface area contributed by atoms with E-state index in [1.165, 1.54) is 24.3 Å². The quantitative estimate of drug-likeness (QED) is 0.688. The molecule has 1 amide bonds. The Bertz CT molecular complexity index is 804. The third kappa shape index (κ3) is 4.87. The van der Waals surface area contributed by atoms with E-state index in [4.69, 9.17) is 9.47 Å². The first-order valence-electron chi connectivity index (χ1n) is 9.42. The molecule has 10 nitrogen and oxygen atoms in total. The summed E-state index contributed by atoms with van der Waals surface area (Å²) in [5, 5.41) is 0. The van der Waals surface area contributed by atoms with E-state index >= 15 is 0 Å². The number of halogens is 1. The number of amides is 1. The van der Waals surface area contributed by atoms with Crippen LogP contribution >= 0.6 is 0 Å². The van der Waals surface area contributed by atoms with Crippen molar-refractivity contribution < 1.29 is 18.7 Å². The fourth-order valence-electron chi connectivity index (χ4n) is 3.01. The Morgan fingerprint density at radius 2 is 1.38 bits per heavy atom. The van der Waals surface area contributed by atoms with E-state index in [0.29, 0.717) is 70.1 Å². The van der Waals surface area contributed by atoms with Crippen LogP contribution in [0.4, 0.5) is 22.2 Å². The zero-order chi connectivity index (χ0) is 20.1. The number of hydrazine groups is 1. The van der Waals surface area contributed by atoms with Gasteiger partial charge in [0.25, 0.3) is 5.91 Å². The number of rotatable bonds is 5. The van der Waals surface area contributed by atoms with Crippen LogP contribution in [-0.4, -0.2) is 73.5 Å². The maximum atomic E-state index is 13.0. The topological polar surface area (TPSA) is 105 Å². The maximum Gasteiger partial charge on any atom is 0.269 e. The summed E-state index contributed by atoms with van der Waals surface area (Å²) in [6.07, 6.45) is 0. The number of morpholine rings is 2. The third-order valence-corrected chi connectivity index (χ3v) is 4.59. The molecule has 29 heavy (non-hydrogen) atoms. The molecule has 1 aromatic heterocycles. The van der Waals surface area contributed by atoms with Gasteiger partial charge in [-0.25, -0.2) is 4.39 Å². The molecule has 0 radical (unpaired) electrons. The Kier molecular flexibility index (Phi) is 5.96. The van der Waals surface area contributed by atoms with Gasteiger partial charge in [-0.3, -0.25) is 15.6 Å². The zero-order valence-corrected chi connectivity index (χ0v) is 15.8. The second-order valence-electron chi connectivity index (χ2n) is 6.54. The summed E-state index contributed by atoms with van der Waals surface area (Å²) < 4.78 is 23.8. The highest BCUT2D eigenvalue weighted by Crippen LogP contribution is 2.18. The van der Waals surface area contributed by atoms with Gasteiger partial charge in [-0.1, -0.05) is 0 Å². The van der Waals surface area contributed by atoms with Gasteiger partial charge in [0.2, 0.25) is 17.8 Å². The lowest BCUT2D eigenvalue weighted by Gasteiger charge is -2.30. The van der Waals surface area contributed by atoms with Crippen molar-refractivity contribution >= 4 is 23.8 Å². The van der Waals surface area contributed by atoms with Crippen molar-refractivity contribution in [3.05, 3.63) is 35.6 Å². The molecule has 1 aromatic carbocycles. The summed E-state index contributed by atoms with van der Waals surface area (Å²) in [4.78, 5) is 29.8.